The highest BCUT2D eigenvalue weighted by Crippen LogP contribution is 2.22. The lowest BCUT2D eigenvalue weighted by molar-refractivity contribution is 0.346. The summed E-state index contributed by atoms with van der Waals surface area (Å²) in [7, 11) is -3.43. The minimum atomic E-state index is -3.43. The van der Waals surface area contributed by atoms with Crippen LogP contribution in [0.4, 0.5) is 0 Å². The van der Waals surface area contributed by atoms with Crippen molar-refractivity contribution in [1.82, 2.24) is 4.31 Å². The lowest BCUT2D eigenvalue weighted by atomic mass is 10.2. The first-order chi connectivity index (χ1) is 9.16. The SMILES string of the molecule is NCC#Cc1ccccc1S(=O)(=O)N1CCCCC1. The Morgan fingerprint density at radius 3 is 2.53 bits per heavy atom. The third-order valence-electron chi connectivity index (χ3n) is 3.15. The molecular weight excluding hydrogens is 260 g/mol. The largest absolute Gasteiger partial charge is 0.320 e. The molecule has 0 radical (unpaired) electrons. The molecule has 2 rings (SSSR count). The summed E-state index contributed by atoms with van der Waals surface area (Å²) in [5.74, 6) is 5.55. The van der Waals surface area contributed by atoms with Gasteiger partial charge in [-0.05, 0) is 25.0 Å². The highest BCUT2D eigenvalue weighted by molar-refractivity contribution is 7.89. The van der Waals surface area contributed by atoms with Gasteiger partial charge in [0.05, 0.1) is 11.4 Å². The molecule has 0 unspecified atom stereocenters. The molecule has 1 aromatic rings. The molecule has 1 aliphatic heterocycles. The van der Waals surface area contributed by atoms with Gasteiger partial charge in [-0.25, -0.2) is 8.42 Å². The molecule has 4 nitrogen and oxygen atoms in total. The van der Waals surface area contributed by atoms with Crippen LogP contribution in [0.3, 0.4) is 0 Å². The quantitative estimate of drug-likeness (QED) is 0.826. The molecule has 0 amide bonds. The number of hydrogen-bond donors (Lipinski definition) is 1. The van der Waals surface area contributed by atoms with Gasteiger partial charge in [0.1, 0.15) is 0 Å². The number of sulfonamides is 1. The zero-order chi connectivity index (χ0) is 13.7. The van der Waals surface area contributed by atoms with Gasteiger partial charge in [-0.2, -0.15) is 4.31 Å². The molecule has 0 aromatic heterocycles. The van der Waals surface area contributed by atoms with Crippen molar-refractivity contribution in [2.45, 2.75) is 24.2 Å². The van der Waals surface area contributed by atoms with Crippen molar-refractivity contribution in [1.29, 1.82) is 0 Å². The van der Waals surface area contributed by atoms with E-state index in [0.29, 0.717) is 18.7 Å². The van der Waals surface area contributed by atoms with Crippen molar-refractivity contribution in [3.8, 4) is 11.8 Å². The van der Waals surface area contributed by atoms with Crippen LogP contribution in [-0.4, -0.2) is 32.4 Å². The molecule has 5 heteroatoms. The molecule has 19 heavy (non-hydrogen) atoms. The number of hydrogen-bond acceptors (Lipinski definition) is 3. The van der Waals surface area contributed by atoms with Gasteiger partial charge in [0.2, 0.25) is 10.0 Å². The predicted octanol–water partition coefficient (Wildman–Crippen LogP) is 1.17. The molecule has 102 valence electrons. The van der Waals surface area contributed by atoms with Gasteiger partial charge < -0.3 is 5.73 Å². The molecule has 1 aromatic carbocycles. The van der Waals surface area contributed by atoms with Gasteiger partial charge in [0.15, 0.2) is 0 Å². The summed E-state index contributed by atoms with van der Waals surface area (Å²) in [5, 5.41) is 0. The standard InChI is InChI=1S/C14H18N2O2S/c15-10-6-8-13-7-2-3-9-14(13)19(17,18)16-11-4-1-5-12-16/h2-3,7,9H,1,4-5,10-12,15H2. The zero-order valence-corrected chi connectivity index (χ0v) is 11.6. The van der Waals surface area contributed by atoms with E-state index < -0.39 is 10.0 Å². The third kappa shape index (κ3) is 3.16. The van der Waals surface area contributed by atoms with E-state index in [0.717, 1.165) is 19.3 Å². The molecule has 1 aliphatic rings. The first-order valence-corrected chi connectivity index (χ1v) is 7.88. The lowest BCUT2D eigenvalue weighted by Gasteiger charge is -2.26. The summed E-state index contributed by atoms with van der Waals surface area (Å²) in [6.07, 6.45) is 2.95. The normalized spacial score (nSPS) is 16.7. The Bertz CT molecular complexity index is 593. The molecule has 0 bridgehead atoms. The number of rotatable bonds is 2. The molecule has 1 fully saturated rings. The van der Waals surface area contributed by atoms with E-state index in [1.807, 2.05) is 0 Å². The maximum absolute atomic E-state index is 12.6. The highest BCUT2D eigenvalue weighted by Gasteiger charge is 2.27. The smallest absolute Gasteiger partial charge is 0.244 e. The monoisotopic (exact) mass is 278 g/mol. The number of nitrogens with zero attached hydrogens (tertiary/aromatic N) is 1. The van der Waals surface area contributed by atoms with Crippen LogP contribution < -0.4 is 5.73 Å². The van der Waals surface area contributed by atoms with Crippen LogP contribution in [0.25, 0.3) is 0 Å². The Morgan fingerprint density at radius 1 is 1.16 bits per heavy atom. The number of nitrogens with two attached hydrogens (primary N) is 1. The third-order valence-corrected chi connectivity index (χ3v) is 5.10. The van der Waals surface area contributed by atoms with E-state index in [1.165, 1.54) is 0 Å². The van der Waals surface area contributed by atoms with Crippen molar-refractivity contribution in [3.05, 3.63) is 29.8 Å². The molecule has 1 saturated heterocycles. The van der Waals surface area contributed by atoms with Crippen molar-refractivity contribution in [2.75, 3.05) is 19.6 Å². The number of benzene rings is 1. The van der Waals surface area contributed by atoms with Gasteiger partial charge >= 0.3 is 0 Å². The summed E-state index contributed by atoms with van der Waals surface area (Å²) in [6, 6.07) is 6.85. The molecule has 0 aliphatic carbocycles. The van der Waals surface area contributed by atoms with Crippen molar-refractivity contribution in [2.24, 2.45) is 5.73 Å². The van der Waals surface area contributed by atoms with E-state index in [9.17, 15) is 8.42 Å². The fourth-order valence-corrected chi connectivity index (χ4v) is 3.85. The molecule has 0 saturated carbocycles. The Morgan fingerprint density at radius 2 is 1.84 bits per heavy atom. The second kappa shape index (κ2) is 6.20. The maximum atomic E-state index is 12.6. The van der Waals surface area contributed by atoms with Crippen LogP contribution in [0.15, 0.2) is 29.2 Å². The van der Waals surface area contributed by atoms with Gasteiger partial charge in [0.25, 0.3) is 0 Å². The van der Waals surface area contributed by atoms with Crippen LogP contribution in [0.5, 0.6) is 0 Å². The number of piperidine rings is 1. The average Bonchev–Trinajstić information content (AvgIpc) is 2.46. The van der Waals surface area contributed by atoms with Gasteiger partial charge in [0, 0.05) is 18.7 Å². The molecular formula is C14H18N2O2S. The van der Waals surface area contributed by atoms with E-state index in [4.69, 9.17) is 5.73 Å². The second-order valence-corrected chi connectivity index (χ2v) is 6.37. The predicted molar refractivity (Wildman–Crippen MR) is 75.0 cm³/mol. The minimum Gasteiger partial charge on any atom is -0.320 e. The van der Waals surface area contributed by atoms with Gasteiger partial charge in [-0.3, -0.25) is 0 Å². The van der Waals surface area contributed by atoms with Crippen LogP contribution >= 0.6 is 0 Å². The zero-order valence-electron chi connectivity index (χ0n) is 10.8. The second-order valence-electron chi connectivity index (χ2n) is 4.47. The van der Waals surface area contributed by atoms with Crippen LogP contribution in [-0.2, 0) is 10.0 Å². The maximum Gasteiger partial charge on any atom is 0.244 e. The molecule has 1 heterocycles. The summed E-state index contributed by atoms with van der Waals surface area (Å²) >= 11 is 0. The summed E-state index contributed by atoms with van der Waals surface area (Å²) in [6.45, 7) is 1.42. The van der Waals surface area contributed by atoms with Crippen molar-refractivity contribution in [3.63, 3.8) is 0 Å². The van der Waals surface area contributed by atoms with E-state index in [2.05, 4.69) is 11.8 Å². The van der Waals surface area contributed by atoms with E-state index in [1.54, 1.807) is 28.6 Å². The highest BCUT2D eigenvalue weighted by atomic mass is 32.2. The van der Waals surface area contributed by atoms with Crippen LogP contribution in [0.2, 0.25) is 0 Å². The Labute approximate surface area is 114 Å². The summed E-state index contributed by atoms with van der Waals surface area (Å²) < 4.78 is 26.8. The van der Waals surface area contributed by atoms with Gasteiger partial charge in [-0.15, -0.1) is 0 Å². The fraction of sp³-hybridized carbons (Fsp3) is 0.429. The van der Waals surface area contributed by atoms with Crippen LogP contribution in [0, 0.1) is 11.8 Å². The Balaban J connectivity index is 2.39. The first-order valence-electron chi connectivity index (χ1n) is 6.44. The Kier molecular flexibility index (Phi) is 4.59. The first kappa shape index (κ1) is 14.1. The van der Waals surface area contributed by atoms with Crippen molar-refractivity contribution < 1.29 is 8.42 Å². The average molecular weight is 278 g/mol. The molecule has 0 atom stereocenters. The Hall–Kier alpha value is -1.35. The van der Waals surface area contributed by atoms with Crippen LogP contribution in [0.1, 0.15) is 24.8 Å². The van der Waals surface area contributed by atoms with Crippen molar-refractivity contribution >= 4 is 10.0 Å². The lowest BCUT2D eigenvalue weighted by Crippen LogP contribution is -2.35. The fourth-order valence-electron chi connectivity index (χ4n) is 2.19. The van der Waals surface area contributed by atoms with E-state index in [-0.39, 0.29) is 11.4 Å². The molecule has 2 N–H and O–H groups in total. The minimum absolute atomic E-state index is 0.220. The van der Waals surface area contributed by atoms with E-state index >= 15 is 0 Å². The summed E-state index contributed by atoms with van der Waals surface area (Å²) in [5.41, 5.74) is 5.87. The van der Waals surface area contributed by atoms with Gasteiger partial charge in [-0.1, -0.05) is 30.4 Å². The molecule has 0 spiro atoms. The summed E-state index contributed by atoms with van der Waals surface area (Å²) in [4.78, 5) is 0.290. The topological polar surface area (TPSA) is 63.4 Å².